The van der Waals surface area contributed by atoms with Gasteiger partial charge in [0.1, 0.15) is 24.4 Å². The van der Waals surface area contributed by atoms with Gasteiger partial charge < -0.3 is 34.4 Å². The molecule has 5 atom stereocenters. The van der Waals surface area contributed by atoms with Crippen LogP contribution in [0, 0.1) is 0 Å². The van der Waals surface area contributed by atoms with Gasteiger partial charge in [-0.3, -0.25) is 0 Å². The van der Waals surface area contributed by atoms with Crippen LogP contribution in [0.25, 0.3) is 0 Å². The lowest BCUT2D eigenvalue weighted by Gasteiger charge is -2.40. The molecule has 2 heterocycles. The third-order valence-electron chi connectivity index (χ3n) is 8.92. The maximum atomic E-state index is 10.3. The fourth-order valence-electron chi connectivity index (χ4n) is 6.06. The average Bonchev–Trinajstić information content (AvgIpc) is 2.86. The quantitative estimate of drug-likeness (QED) is 0.301. The Morgan fingerprint density at radius 3 is 1.65 bits per heavy atom. The van der Waals surface area contributed by atoms with Crippen LogP contribution in [-0.4, -0.2) is 104 Å². The first-order chi connectivity index (χ1) is 17.7. The van der Waals surface area contributed by atoms with E-state index < -0.39 is 45.4 Å². The summed E-state index contributed by atoms with van der Waals surface area (Å²) < 4.78 is 12.6. The van der Waals surface area contributed by atoms with Crippen molar-refractivity contribution in [2.24, 2.45) is 0 Å². The third kappa shape index (κ3) is 12.8. The summed E-state index contributed by atoms with van der Waals surface area (Å²) in [6.07, 6.45) is 12.8. The minimum absolute atomic E-state index is 0.422. The van der Waals surface area contributed by atoms with Gasteiger partial charge in [-0.1, -0.05) is 82.8 Å². The lowest BCUT2D eigenvalue weighted by molar-refractivity contribution is -0.890. The van der Waals surface area contributed by atoms with Gasteiger partial charge in [0.15, 0.2) is 6.29 Å². The van der Waals surface area contributed by atoms with E-state index in [9.17, 15) is 20.4 Å². The molecule has 0 aliphatic carbocycles. The van der Waals surface area contributed by atoms with Crippen LogP contribution in [0.3, 0.4) is 0 Å². The molecule has 2 saturated heterocycles. The first-order valence-electron chi connectivity index (χ1n) is 15.4. The number of quaternary nitrogens is 1. The minimum Gasteiger partial charge on any atom is -0.394 e. The molecule has 2 unspecified atom stereocenters. The second-order valence-electron chi connectivity index (χ2n) is 13.0. The summed E-state index contributed by atoms with van der Waals surface area (Å²) in [5.74, 6) is 0. The Kier molecular flexibility index (Phi) is 15.8. The zero-order valence-corrected chi connectivity index (χ0v) is 25.3. The molecule has 0 amide bonds. The van der Waals surface area contributed by atoms with E-state index in [1.165, 1.54) is 120 Å². The van der Waals surface area contributed by atoms with E-state index in [4.69, 9.17) is 9.47 Å². The highest BCUT2D eigenvalue weighted by Crippen LogP contribution is 2.29. The normalized spacial score (nSPS) is 34.0. The molecule has 8 heteroatoms. The second kappa shape index (κ2) is 17.6. The summed E-state index contributed by atoms with van der Waals surface area (Å²) >= 11 is 0. The molecule has 0 spiro atoms. The molecular weight excluding hydrogens is 486 g/mol. The minimum atomic E-state index is -1.50. The van der Waals surface area contributed by atoms with E-state index >= 15 is 0 Å². The molecule has 2 fully saturated rings. The number of hydrogen-bond acceptors (Lipinski definition) is 6. The van der Waals surface area contributed by atoms with Gasteiger partial charge in [-0.15, -0.1) is 0 Å². The zero-order valence-electron chi connectivity index (χ0n) is 24.3. The largest absolute Gasteiger partial charge is 0.394 e. The zero-order chi connectivity index (χ0) is 27.2. The standard InChI is InChI=1S/C29H60NO6Si/c1-30(2)18-14-10-6-4-8-12-16-21-37(3,22-17-13-9-5-7-11-15-19-30)23-20-35-29-28(34)27(33)26(32)25(24-31)36-29/h25-29,31-34H,4-24H2,1-3H3/q+1/t25?,26-,27?,28+,29-/m1/s1. The number of aliphatic hydroxyl groups is 4. The molecule has 0 radical (unpaired) electrons. The molecule has 0 saturated carbocycles. The van der Waals surface area contributed by atoms with E-state index in [1.807, 2.05) is 0 Å². The predicted octanol–water partition coefficient (Wildman–Crippen LogP) is 4.43. The molecule has 0 aromatic carbocycles. The first kappa shape index (κ1) is 33.1. The molecule has 2 rings (SSSR count). The van der Waals surface area contributed by atoms with Gasteiger partial charge in [-0.2, -0.15) is 0 Å². The van der Waals surface area contributed by atoms with Gasteiger partial charge in [-0.05, 0) is 31.7 Å². The maximum absolute atomic E-state index is 10.3. The summed E-state index contributed by atoms with van der Waals surface area (Å²) in [7, 11) is 3.31. The molecular formula is C29H60NO6Si+. The Morgan fingerprint density at radius 1 is 0.703 bits per heavy atom. The Hall–Kier alpha value is -0.0631. The molecule has 220 valence electrons. The molecule has 0 bridgehead atoms. The third-order valence-corrected chi connectivity index (χ3v) is 13.5. The number of rotatable bonds is 5. The molecule has 7 nitrogen and oxygen atoms in total. The lowest BCUT2D eigenvalue weighted by Crippen LogP contribution is -2.59. The maximum Gasteiger partial charge on any atom is 0.186 e. The number of ether oxygens (including phenoxy) is 2. The van der Waals surface area contributed by atoms with Crippen molar-refractivity contribution in [1.29, 1.82) is 0 Å². The summed E-state index contributed by atoms with van der Waals surface area (Å²) in [5.41, 5.74) is 0. The van der Waals surface area contributed by atoms with Crippen molar-refractivity contribution in [2.45, 2.75) is 145 Å². The van der Waals surface area contributed by atoms with Crippen LogP contribution in [0.1, 0.15) is 89.9 Å². The predicted molar refractivity (Wildman–Crippen MR) is 152 cm³/mol. The number of aliphatic hydroxyl groups excluding tert-OH is 4. The van der Waals surface area contributed by atoms with Crippen molar-refractivity contribution in [3.63, 3.8) is 0 Å². The van der Waals surface area contributed by atoms with Crippen molar-refractivity contribution in [2.75, 3.05) is 40.4 Å². The summed E-state index contributed by atoms with van der Waals surface area (Å²) in [5, 5.41) is 39.8. The SMILES string of the molecule is C[N+]1(C)CCCCCCCCC[Si](C)(CCO[C@@H]2OC(CO)[C@@H](O)C(O)[C@@H]2O)CCCCCCCCC1. The molecule has 2 aliphatic rings. The topological polar surface area (TPSA) is 99.4 Å². The van der Waals surface area contributed by atoms with Crippen molar-refractivity contribution >= 4 is 8.07 Å². The van der Waals surface area contributed by atoms with Crippen LogP contribution in [0.15, 0.2) is 0 Å². The monoisotopic (exact) mass is 546 g/mol. The van der Waals surface area contributed by atoms with Crippen molar-refractivity contribution in [1.82, 2.24) is 0 Å². The fourth-order valence-corrected chi connectivity index (χ4v) is 9.63. The van der Waals surface area contributed by atoms with Crippen molar-refractivity contribution in [3.05, 3.63) is 0 Å². The first-order valence-corrected chi connectivity index (χ1v) is 18.5. The number of nitrogens with zero attached hydrogens (tertiary/aromatic N) is 1. The van der Waals surface area contributed by atoms with Gasteiger partial charge in [0.2, 0.25) is 0 Å². The van der Waals surface area contributed by atoms with Crippen molar-refractivity contribution in [3.8, 4) is 0 Å². The Balaban J connectivity index is 1.82. The molecule has 2 aliphatic heterocycles. The highest BCUT2D eigenvalue weighted by molar-refractivity contribution is 6.78. The van der Waals surface area contributed by atoms with E-state index in [1.54, 1.807) is 0 Å². The van der Waals surface area contributed by atoms with Gasteiger partial charge in [0, 0.05) is 6.61 Å². The lowest BCUT2D eigenvalue weighted by atomic mass is 9.99. The number of hydrogen-bond donors (Lipinski definition) is 4. The van der Waals surface area contributed by atoms with Crippen LogP contribution in [0.4, 0.5) is 0 Å². The van der Waals surface area contributed by atoms with Gasteiger partial charge in [0.25, 0.3) is 0 Å². The molecule has 0 aromatic rings. The highest BCUT2D eigenvalue weighted by atomic mass is 28.3. The van der Waals surface area contributed by atoms with Gasteiger partial charge >= 0.3 is 0 Å². The molecule has 4 N–H and O–H groups in total. The summed E-state index contributed by atoms with van der Waals surface area (Å²) in [6.45, 7) is 5.20. The average molecular weight is 547 g/mol. The van der Waals surface area contributed by atoms with Crippen LogP contribution < -0.4 is 0 Å². The smallest absolute Gasteiger partial charge is 0.186 e. The van der Waals surface area contributed by atoms with E-state index in [0.29, 0.717) is 6.61 Å². The van der Waals surface area contributed by atoms with Crippen molar-refractivity contribution < 1.29 is 34.4 Å². The highest BCUT2D eigenvalue weighted by Gasteiger charge is 2.44. The Labute approximate surface area is 228 Å². The molecule has 37 heavy (non-hydrogen) atoms. The summed E-state index contributed by atoms with van der Waals surface area (Å²) in [4.78, 5) is 0. The van der Waals surface area contributed by atoms with Crippen LogP contribution in [0.2, 0.25) is 24.7 Å². The summed E-state index contributed by atoms with van der Waals surface area (Å²) in [6, 6.07) is 3.64. The Morgan fingerprint density at radius 2 is 1.16 bits per heavy atom. The van der Waals surface area contributed by atoms with Gasteiger partial charge in [0.05, 0.1) is 41.9 Å². The van der Waals surface area contributed by atoms with Crippen LogP contribution >= 0.6 is 0 Å². The second-order valence-corrected chi connectivity index (χ2v) is 18.1. The van der Waals surface area contributed by atoms with Crippen LogP contribution in [-0.2, 0) is 9.47 Å². The fraction of sp³-hybridized carbons (Fsp3) is 1.00. The van der Waals surface area contributed by atoms with Gasteiger partial charge in [-0.25, -0.2) is 0 Å². The van der Waals surface area contributed by atoms with E-state index in [0.717, 1.165) is 6.04 Å². The van der Waals surface area contributed by atoms with E-state index in [-0.39, 0.29) is 0 Å². The van der Waals surface area contributed by atoms with E-state index in [2.05, 4.69) is 20.6 Å². The Bertz CT molecular complexity index is 569. The van der Waals surface area contributed by atoms with Crippen LogP contribution in [0.5, 0.6) is 0 Å². The molecule has 0 aromatic heterocycles.